The molecular formula is C13H26N2. The van der Waals surface area contributed by atoms with Crippen LogP contribution in [-0.2, 0) is 0 Å². The van der Waals surface area contributed by atoms with Gasteiger partial charge in [-0.05, 0) is 57.2 Å². The second-order valence-electron chi connectivity index (χ2n) is 5.76. The summed E-state index contributed by atoms with van der Waals surface area (Å²) in [5, 5.41) is 3.45. The second-order valence-corrected chi connectivity index (χ2v) is 5.76. The molecular weight excluding hydrogens is 184 g/mol. The number of nitrogens with one attached hydrogen (secondary N) is 1. The summed E-state index contributed by atoms with van der Waals surface area (Å²) < 4.78 is 0. The highest BCUT2D eigenvalue weighted by molar-refractivity contribution is 4.84. The van der Waals surface area contributed by atoms with Crippen LogP contribution < -0.4 is 5.32 Å². The molecule has 0 saturated carbocycles. The van der Waals surface area contributed by atoms with Crippen LogP contribution in [-0.4, -0.2) is 37.1 Å². The molecule has 2 aliphatic rings. The van der Waals surface area contributed by atoms with E-state index in [1.807, 2.05) is 0 Å². The van der Waals surface area contributed by atoms with Gasteiger partial charge >= 0.3 is 0 Å². The Kier molecular flexibility index (Phi) is 4.04. The van der Waals surface area contributed by atoms with E-state index in [0.29, 0.717) is 0 Å². The fourth-order valence-corrected chi connectivity index (χ4v) is 3.23. The van der Waals surface area contributed by atoms with Gasteiger partial charge in [0.15, 0.2) is 0 Å². The minimum Gasteiger partial charge on any atom is -0.317 e. The highest BCUT2D eigenvalue weighted by atomic mass is 15.2. The van der Waals surface area contributed by atoms with Gasteiger partial charge < -0.3 is 10.2 Å². The van der Waals surface area contributed by atoms with Crippen LogP contribution in [0.1, 0.15) is 39.5 Å². The largest absolute Gasteiger partial charge is 0.317 e. The molecule has 0 amide bonds. The maximum Gasteiger partial charge on any atom is 0.0119 e. The van der Waals surface area contributed by atoms with Crippen LogP contribution in [0.4, 0.5) is 0 Å². The van der Waals surface area contributed by atoms with E-state index in [0.717, 1.165) is 17.9 Å². The van der Waals surface area contributed by atoms with Crippen molar-refractivity contribution in [1.29, 1.82) is 0 Å². The van der Waals surface area contributed by atoms with Crippen LogP contribution in [0.3, 0.4) is 0 Å². The number of hydrogen-bond acceptors (Lipinski definition) is 2. The van der Waals surface area contributed by atoms with Crippen LogP contribution in [0.5, 0.6) is 0 Å². The predicted octanol–water partition coefficient (Wildman–Crippen LogP) is 2.11. The Morgan fingerprint density at radius 2 is 1.93 bits per heavy atom. The van der Waals surface area contributed by atoms with E-state index in [4.69, 9.17) is 0 Å². The molecule has 0 bridgehead atoms. The highest BCUT2D eigenvalue weighted by Gasteiger charge is 2.28. The summed E-state index contributed by atoms with van der Waals surface area (Å²) in [6.07, 6.45) is 5.62. The van der Waals surface area contributed by atoms with Gasteiger partial charge in [-0.3, -0.25) is 0 Å². The van der Waals surface area contributed by atoms with Crippen LogP contribution in [0.2, 0.25) is 0 Å². The minimum atomic E-state index is 0.878. The lowest BCUT2D eigenvalue weighted by Gasteiger charge is -2.31. The van der Waals surface area contributed by atoms with Gasteiger partial charge in [0.2, 0.25) is 0 Å². The summed E-state index contributed by atoms with van der Waals surface area (Å²) in [7, 11) is 0. The summed E-state index contributed by atoms with van der Waals surface area (Å²) in [5.41, 5.74) is 0. The Bertz CT molecular complexity index is 185. The van der Waals surface area contributed by atoms with Crippen molar-refractivity contribution in [2.45, 2.75) is 45.6 Å². The molecule has 2 fully saturated rings. The maximum absolute atomic E-state index is 3.45. The van der Waals surface area contributed by atoms with E-state index in [1.165, 1.54) is 51.9 Å². The van der Waals surface area contributed by atoms with Gasteiger partial charge in [-0.15, -0.1) is 0 Å². The third-order valence-electron chi connectivity index (χ3n) is 3.95. The molecule has 1 atom stereocenters. The van der Waals surface area contributed by atoms with Crippen LogP contribution in [0.25, 0.3) is 0 Å². The van der Waals surface area contributed by atoms with Crippen molar-refractivity contribution < 1.29 is 0 Å². The van der Waals surface area contributed by atoms with Crippen LogP contribution in [0, 0.1) is 11.8 Å². The average molecular weight is 210 g/mol. The quantitative estimate of drug-likeness (QED) is 0.767. The fourth-order valence-electron chi connectivity index (χ4n) is 3.23. The summed E-state index contributed by atoms with van der Waals surface area (Å²) in [6, 6.07) is 0.892. The van der Waals surface area contributed by atoms with E-state index in [-0.39, 0.29) is 0 Å². The van der Waals surface area contributed by atoms with E-state index in [2.05, 4.69) is 24.1 Å². The standard InChI is InChI=1S/C13H26N2/c1-11(2)9-12-5-8-15(10-12)13-3-6-14-7-4-13/h11-14H,3-10H2,1-2H3. The number of nitrogens with zero attached hydrogens (tertiary/aromatic N) is 1. The molecule has 2 aliphatic heterocycles. The zero-order chi connectivity index (χ0) is 10.7. The van der Waals surface area contributed by atoms with E-state index in [1.54, 1.807) is 0 Å². The maximum atomic E-state index is 3.45. The van der Waals surface area contributed by atoms with Crippen molar-refractivity contribution in [1.82, 2.24) is 10.2 Å². The molecule has 2 heteroatoms. The Morgan fingerprint density at radius 3 is 2.60 bits per heavy atom. The monoisotopic (exact) mass is 210 g/mol. The molecule has 0 aromatic rings. The Hall–Kier alpha value is -0.0800. The molecule has 1 N–H and O–H groups in total. The zero-order valence-electron chi connectivity index (χ0n) is 10.3. The number of hydrogen-bond donors (Lipinski definition) is 1. The van der Waals surface area contributed by atoms with E-state index in [9.17, 15) is 0 Å². The molecule has 2 rings (SSSR count). The van der Waals surface area contributed by atoms with Crippen molar-refractivity contribution in [2.75, 3.05) is 26.2 Å². The first-order valence-electron chi connectivity index (χ1n) is 6.70. The van der Waals surface area contributed by atoms with Crippen molar-refractivity contribution >= 4 is 0 Å². The number of piperidine rings is 1. The lowest BCUT2D eigenvalue weighted by Crippen LogP contribution is -2.42. The molecule has 0 aromatic heterocycles. The van der Waals surface area contributed by atoms with Crippen LogP contribution >= 0.6 is 0 Å². The van der Waals surface area contributed by atoms with E-state index >= 15 is 0 Å². The van der Waals surface area contributed by atoms with E-state index < -0.39 is 0 Å². The normalized spacial score (nSPS) is 30.2. The second kappa shape index (κ2) is 5.31. The highest BCUT2D eigenvalue weighted by Crippen LogP contribution is 2.26. The molecule has 0 aliphatic carbocycles. The third kappa shape index (κ3) is 3.18. The van der Waals surface area contributed by atoms with Gasteiger partial charge in [-0.2, -0.15) is 0 Å². The topological polar surface area (TPSA) is 15.3 Å². The number of likely N-dealkylation sites (tertiary alicyclic amines) is 1. The van der Waals surface area contributed by atoms with Gasteiger partial charge in [0.25, 0.3) is 0 Å². The van der Waals surface area contributed by atoms with Crippen molar-refractivity contribution in [2.24, 2.45) is 11.8 Å². The van der Waals surface area contributed by atoms with Crippen molar-refractivity contribution in [3.8, 4) is 0 Å². The van der Waals surface area contributed by atoms with Crippen LogP contribution in [0.15, 0.2) is 0 Å². The average Bonchev–Trinajstić information content (AvgIpc) is 2.67. The van der Waals surface area contributed by atoms with Gasteiger partial charge in [-0.25, -0.2) is 0 Å². The Labute approximate surface area is 94.4 Å². The fraction of sp³-hybridized carbons (Fsp3) is 1.00. The van der Waals surface area contributed by atoms with Gasteiger partial charge in [0, 0.05) is 12.6 Å². The zero-order valence-corrected chi connectivity index (χ0v) is 10.3. The van der Waals surface area contributed by atoms with Gasteiger partial charge in [0.05, 0.1) is 0 Å². The summed E-state index contributed by atoms with van der Waals surface area (Å²) in [6.45, 7) is 9.91. The molecule has 15 heavy (non-hydrogen) atoms. The molecule has 0 aromatic carbocycles. The smallest absolute Gasteiger partial charge is 0.0119 e. The predicted molar refractivity (Wildman–Crippen MR) is 65.0 cm³/mol. The molecule has 88 valence electrons. The van der Waals surface area contributed by atoms with Gasteiger partial charge in [0.1, 0.15) is 0 Å². The molecule has 2 heterocycles. The lowest BCUT2D eigenvalue weighted by molar-refractivity contribution is 0.189. The first kappa shape index (κ1) is 11.4. The Morgan fingerprint density at radius 1 is 1.20 bits per heavy atom. The summed E-state index contributed by atoms with van der Waals surface area (Å²) >= 11 is 0. The van der Waals surface area contributed by atoms with Crippen molar-refractivity contribution in [3.05, 3.63) is 0 Å². The summed E-state index contributed by atoms with van der Waals surface area (Å²) in [5.74, 6) is 1.86. The minimum absolute atomic E-state index is 0.878. The molecule has 1 unspecified atom stereocenters. The molecule has 2 saturated heterocycles. The van der Waals surface area contributed by atoms with Gasteiger partial charge in [-0.1, -0.05) is 13.8 Å². The molecule has 0 radical (unpaired) electrons. The first-order valence-corrected chi connectivity index (χ1v) is 6.70. The third-order valence-corrected chi connectivity index (χ3v) is 3.95. The molecule has 2 nitrogen and oxygen atoms in total. The first-order chi connectivity index (χ1) is 7.25. The lowest BCUT2D eigenvalue weighted by atomic mass is 9.96. The summed E-state index contributed by atoms with van der Waals surface area (Å²) in [4.78, 5) is 2.76. The molecule has 0 spiro atoms. The Balaban J connectivity index is 1.76. The number of rotatable bonds is 3. The van der Waals surface area contributed by atoms with Crippen molar-refractivity contribution in [3.63, 3.8) is 0 Å². The SMILES string of the molecule is CC(C)CC1CCN(C2CCNCC2)C1.